The second-order valence-electron chi connectivity index (χ2n) is 3.96. The Balaban J connectivity index is 2.32. The average Bonchev–Trinajstić information content (AvgIpc) is 2.83. The number of carbonyl (C=O) groups is 1. The van der Waals surface area contributed by atoms with Crippen molar-refractivity contribution in [1.29, 1.82) is 0 Å². The first-order valence-electron chi connectivity index (χ1n) is 5.49. The third kappa shape index (κ3) is 2.10. The molecule has 94 valence electrons. The molecule has 19 heavy (non-hydrogen) atoms. The van der Waals surface area contributed by atoms with Gasteiger partial charge in [0.15, 0.2) is 5.82 Å². The summed E-state index contributed by atoms with van der Waals surface area (Å²) in [5, 5.41) is 14.2. The van der Waals surface area contributed by atoms with Crippen molar-refractivity contribution >= 4 is 32.8 Å². The first-order chi connectivity index (χ1) is 9.15. The van der Waals surface area contributed by atoms with Crippen LogP contribution < -0.4 is 0 Å². The van der Waals surface area contributed by atoms with Crippen molar-refractivity contribution in [2.75, 3.05) is 0 Å². The van der Waals surface area contributed by atoms with Gasteiger partial charge < -0.3 is 5.11 Å². The van der Waals surface area contributed by atoms with Crippen LogP contribution in [-0.4, -0.2) is 25.8 Å². The minimum absolute atomic E-state index is 0.120. The third-order valence-corrected chi connectivity index (χ3v) is 3.11. The van der Waals surface area contributed by atoms with Crippen molar-refractivity contribution in [2.45, 2.75) is 0 Å². The summed E-state index contributed by atoms with van der Waals surface area (Å²) in [6, 6.07) is 8.98. The Labute approximate surface area is 116 Å². The van der Waals surface area contributed by atoms with E-state index in [1.165, 1.54) is 4.68 Å². The van der Waals surface area contributed by atoms with Crippen LogP contribution in [0.25, 0.3) is 16.7 Å². The van der Waals surface area contributed by atoms with Crippen LogP contribution in [0.5, 0.6) is 0 Å². The SMILES string of the molecule is O=C(O)c1cc2ccccc2nc1-n1cc(Br)cn1. The first-order valence-corrected chi connectivity index (χ1v) is 6.28. The minimum atomic E-state index is -1.03. The topological polar surface area (TPSA) is 68.0 Å². The summed E-state index contributed by atoms with van der Waals surface area (Å²) < 4.78 is 2.21. The molecular formula is C13H8BrN3O2. The highest BCUT2D eigenvalue weighted by Gasteiger charge is 2.15. The van der Waals surface area contributed by atoms with Crippen LogP contribution >= 0.6 is 15.9 Å². The van der Waals surface area contributed by atoms with Gasteiger partial charge in [0, 0.05) is 11.6 Å². The molecule has 0 saturated heterocycles. The molecule has 0 radical (unpaired) electrons. The van der Waals surface area contributed by atoms with E-state index >= 15 is 0 Å². The van der Waals surface area contributed by atoms with E-state index in [1.54, 1.807) is 18.5 Å². The summed E-state index contributed by atoms with van der Waals surface area (Å²) in [4.78, 5) is 15.7. The molecule has 0 saturated carbocycles. The van der Waals surface area contributed by atoms with Gasteiger partial charge in [0.2, 0.25) is 0 Å². The van der Waals surface area contributed by atoms with Gasteiger partial charge in [0.05, 0.1) is 16.2 Å². The molecule has 0 unspecified atom stereocenters. The lowest BCUT2D eigenvalue weighted by Crippen LogP contribution is -2.08. The standard InChI is InChI=1S/C13H8BrN3O2/c14-9-6-15-17(7-9)12-10(13(18)19)5-8-3-1-2-4-11(8)16-12/h1-7H,(H,18,19). The quantitative estimate of drug-likeness (QED) is 0.789. The Hall–Kier alpha value is -2.21. The van der Waals surface area contributed by atoms with Crippen molar-refractivity contribution < 1.29 is 9.90 Å². The summed E-state index contributed by atoms with van der Waals surface area (Å²) in [6.07, 6.45) is 3.26. The van der Waals surface area contributed by atoms with Gasteiger partial charge in [-0.2, -0.15) is 5.10 Å². The molecule has 6 heteroatoms. The zero-order valence-corrected chi connectivity index (χ0v) is 11.2. The van der Waals surface area contributed by atoms with E-state index in [2.05, 4.69) is 26.0 Å². The maximum atomic E-state index is 11.4. The lowest BCUT2D eigenvalue weighted by atomic mass is 10.1. The van der Waals surface area contributed by atoms with Gasteiger partial charge in [0.25, 0.3) is 0 Å². The van der Waals surface area contributed by atoms with E-state index in [9.17, 15) is 9.90 Å². The third-order valence-electron chi connectivity index (χ3n) is 2.70. The van der Waals surface area contributed by atoms with Crippen molar-refractivity contribution in [3.63, 3.8) is 0 Å². The van der Waals surface area contributed by atoms with Crippen LogP contribution in [0.3, 0.4) is 0 Å². The molecule has 2 heterocycles. The number of halogens is 1. The fraction of sp³-hybridized carbons (Fsp3) is 0. The number of aromatic nitrogens is 3. The second kappa shape index (κ2) is 4.47. The molecule has 0 aliphatic carbocycles. The Morgan fingerprint density at radius 3 is 2.79 bits per heavy atom. The highest BCUT2D eigenvalue weighted by atomic mass is 79.9. The molecule has 0 aliphatic heterocycles. The largest absolute Gasteiger partial charge is 0.478 e. The Kier molecular flexibility index (Phi) is 2.79. The number of pyridine rings is 1. The van der Waals surface area contributed by atoms with Crippen LogP contribution in [0, 0.1) is 0 Å². The van der Waals surface area contributed by atoms with Gasteiger partial charge in [-0.25, -0.2) is 14.5 Å². The molecule has 2 aromatic heterocycles. The van der Waals surface area contributed by atoms with Gasteiger partial charge in [-0.05, 0) is 28.1 Å². The monoisotopic (exact) mass is 317 g/mol. The molecule has 0 bridgehead atoms. The van der Waals surface area contributed by atoms with Crippen molar-refractivity contribution in [2.24, 2.45) is 0 Å². The van der Waals surface area contributed by atoms with Crippen LogP contribution in [0.4, 0.5) is 0 Å². The number of aromatic carboxylic acids is 1. The zero-order valence-electron chi connectivity index (χ0n) is 9.62. The maximum Gasteiger partial charge on any atom is 0.339 e. The summed E-state index contributed by atoms with van der Waals surface area (Å²) in [6.45, 7) is 0. The lowest BCUT2D eigenvalue weighted by Gasteiger charge is -2.07. The van der Waals surface area contributed by atoms with Crippen molar-refractivity contribution in [1.82, 2.24) is 14.8 Å². The number of carboxylic acid groups (broad SMARTS) is 1. The Morgan fingerprint density at radius 1 is 1.32 bits per heavy atom. The Bertz CT molecular complexity index is 782. The van der Waals surface area contributed by atoms with Crippen LogP contribution in [0.2, 0.25) is 0 Å². The molecule has 0 aliphatic rings. The van der Waals surface area contributed by atoms with E-state index in [0.29, 0.717) is 5.82 Å². The smallest absolute Gasteiger partial charge is 0.339 e. The van der Waals surface area contributed by atoms with Crippen molar-refractivity contribution in [3.8, 4) is 5.82 Å². The normalized spacial score (nSPS) is 10.8. The summed E-state index contributed by atoms with van der Waals surface area (Å²) in [5.41, 5.74) is 0.850. The predicted octanol–water partition coefficient (Wildman–Crippen LogP) is 2.88. The van der Waals surface area contributed by atoms with E-state index in [0.717, 1.165) is 15.4 Å². The number of fused-ring (bicyclic) bond motifs is 1. The Morgan fingerprint density at radius 2 is 2.11 bits per heavy atom. The predicted molar refractivity (Wildman–Crippen MR) is 73.5 cm³/mol. The molecule has 1 aromatic carbocycles. The summed E-state index contributed by atoms with van der Waals surface area (Å²) in [7, 11) is 0. The van der Waals surface area contributed by atoms with Crippen molar-refractivity contribution in [3.05, 3.63) is 52.8 Å². The number of carboxylic acids is 1. The molecule has 3 rings (SSSR count). The van der Waals surface area contributed by atoms with E-state index in [-0.39, 0.29) is 5.56 Å². The fourth-order valence-corrected chi connectivity index (χ4v) is 2.14. The fourth-order valence-electron chi connectivity index (χ4n) is 1.85. The molecule has 1 N–H and O–H groups in total. The maximum absolute atomic E-state index is 11.4. The summed E-state index contributed by atoms with van der Waals surface area (Å²) >= 11 is 3.28. The number of nitrogens with zero attached hydrogens (tertiary/aromatic N) is 3. The number of hydrogen-bond donors (Lipinski definition) is 1. The average molecular weight is 318 g/mol. The lowest BCUT2D eigenvalue weighted by molar-refractivity contribution is 0.0696. The molecular weight excluding hydrogens is 310 g/mol. The van der Waals surface area contributed by atoms with Gasteiger partial charge in [-0.15, -0.1) is 0 Å². The highest BCUT2D eigenvalue weighted by Crippen LogP contribution is 2.20. The number of rotatable bonds is 2. The van der Waals surface area contributed by atoms with E-state index in [4.69, 9.17) is 0 Å². The molecule has 3 aromatic rings. The second-order valence-corrected chi connectivity index (χ2v) is 4.88. The van der Waals surface area contributed by atoms with Gasteiger partial charge in [-0.1, -0.05) is 18.2 Å². The zero-order chi connectivity index (χ0) is 13.4. The van der Waals surface area contributed by atoms with Gasteiger partial charge >= 0.3 is 5.97 Å². The molecule has 0 fully saturated rings. The first kappa shape index (κ1) is 11.9. The number of hydrogen-bond acceptors (Lipinski definition) is 3. The number of benzene rings is 1. The summed E-state index contributed by atoms with van der Waals surface area (Å²) in [5.74, 6) is -0.725. The molecule has 0 spiro atoms. The van der Waals surface area contributed by atoms with E-state index in [1.807, 2.05) is 24.3 Å². The van der Waals surface area contributed by atoms with Crippen LogP contribution in [0.1, 0.15) is 10.4 Å². The van der Waals surface area contributed by atoms with Crippen LogP contribution in [0.15, 0.2) is 47.2 Å². The van der Waals surface area contributed by atoms with Gasteiger partial charge in [-0.3, -0.25) is 0 Å². The van der Waals surface area contributed by atoms with Gasteiger partial charge in [0.1, 0.15) is 5.56 Å². The molecule has 0 amide bonds. The number of para-hydroxylation sites is 1. The minimum Gasteiger partial charge on any atom is -0.478 e. The highest BCUT2D eigenvalue weighted by molar-refractivity contribution is 9.10. The van der Waals surface area contributed by atoms with Crippen LogP contribution in [-0.2, 0) is 0 Å². The molecule has 0 atom stereocenters. The van der Waals surface area contributed by atoms with E-state index < -0.39 is 5.97 Å². The molecule has 5 nitrogen and oxygen atoms in total.